The van der Waals surface area contributed by atoms with Crippen molar-refractivity contribution in [1.82, 2.24) is 10.6 Å². The molecule has 1 aliphatic rings. The van der Waals surface area contributed by atoms with Crippen LogP contribution in [0.1, 0.15) is 38.2 Å². The van der Waals surface area contributed by atoms with Crippen LogP contribution in [-0.4, -0.2) is 23.8 Å². The van der Waals surface area contributed by atoms with Crippen molar-refractivity contribution in [3.05, 3.63) is 34.3 Å². The van der Waals surface area contributed by atoms with Crippen molar-refractivity contribution in [3.8, 4) is 0 Å². The Morgan fingerprint density at radius 1 is 1.50 bits per heavy atom. The predicted molar refractivity (Wildman–Crippen MR) is 82.5 cm³/mol. The van der Waals surface area contributed by atoms with Gasteiger partial charge in [-0.3, -0.25) is 0 Å². The summed E-state index contributed by atoms with van der Waals surface area (Å²) < 4.78 is 1.03. The van der Waals surface area contributed by atoms with Gasteiger partial charge in [-0.15, -0.1) is 0 Å². The molecule has 0 saturated heterocycles. The third-order valence-corrected chi connectivity index (χ3v) is 4.15. The van der Waals surface area contributed by atoms with E-state index in [1.807, 2.05) is 25.1 Å². The maximum atomic E-state index is 12.0. The van der Waals surface area contributed by atoms with E-state index >= 15 is 0 Å². The lowest BCUT2D eigenvalue weighted by atomic mass is 10.1. The number of rotatable bonds is 6. The number of urea groups is 1. The highest BCUT2D eigenvalue weighted by Gasteiger charge is 2.45. The minimum Gasteiger partial charge on any atom is -0.396 e. The highest BCUT2D eigenvalue weighted by molar-refractivity contribution is 9.10. The van der Waals surface area contributed by atoms with Gasteiger partial charge in [0.1, 0.15) is 0 Å². The molecule has 0 bridgehead atoms. The number of hydrogen-bond donors (Lipinski definition) is 3. The Labute approximate surface area is 128 Å². The molecular formula is C15H21BrN2O2. The van der Waals surface area contributed by atoms with Gasteiger partial charge in [0, 0.05) is 17.1 Å². The normalized spacial score (nSPS) is 17.4. The number of aliphatic hydroxyl groups is 1. The molecule has 1 fully saturated rings. The van der Waals surface area contributed by atoms with Gasteiger partial charge < -0.3 is 15.7 Å². The van der Waals surface area contributed by atoms with Crippen molar-refractivity contribution in [3.63, 3.8) is 0 Å². The smallest absolute Gasteiger partial charge is 0.315 e. The molecule has 1 saturated carbocycles. The van der Waals surface area contributed by atoms with Gasteiger partial charge in [0.15, 0.2) is 0 Å². The van der Waals surface area contributed by atoms with Crippen LogP contribution < -0.4 is 10.6 Å². The average molecular weight is 341 g/mol. The van der Waals surface area contributed by atoms with Crippen LogP contribution in [0.4, 0.5) is 4.79 Å². The van der Waals surface area contributed by atoms with Crippen LogP contribution in [0.3, 0.4) is 0 Å². The van der Waals surface area contributed by atoms with Crippen molar-refractivity contribution in [2.24, 2.45) is 0 Å². The lowest BCUT2D eigenvalue weighted by Gasteiger charge is -2.21. The second kappa shape index (κ2) is 6.59. The van der Waals surface area contributed by atoms with Crippen molar-refractivity contribution < 1.29 is 9.90 Å². The number of nitrogens with one attached hydrogen (secondary N) is 2. The fourth-order valence-corrected chi connectivity index (χ4v) is 2.74. The van der Waals surface area contributed by atoms with Crippen LogP contribution >= 0.6 is 15.9 Å². The lowest BCUT2D eigenvalue weighted by molar-refractivity contribution is 0.229. The molecule has 20 heavy (non-hydrogen) atoms. The number of benzene rings is 1. The van der Waals surface area contributed by atoms with Crippen LogP contribution in [0.2, 0.25) is 0 Å². The summed E-state index contributed by atoms with van der Waals surface area (Å²) >= 11 is 3.47. The van der Waals surface area contributed by atoms with Crippen molar-refractivity contribution in [2.75, 3.05) is 6.61 Å². The minimum absolute atomic E-state index is 0.0699. The molecule has 0 aliphatic heterocycles. The van der Waals surface area contributed by atoms with Gasteiger partial charge in [-0.2, -0.15) is 0 Å². The molecule has 0 spiro atoms. The number of carbonyl (C=O) groups excluding carboxylic acids is 1. The topological polar surface area (TPSA) is 61.4 Å². The van der Waals surface area contributed by atoms with Gasteiger partial charge in [0.05, 0.1) is 5.54 Å². The molecule has 110 valence electrons. The summed E-state index contributed by atoms with van der Waals surface area (Å²) in [6.45, 7) is 2.11. The molecular weight excluding hydrogens is 320 g/mol. The number of halogens is 1. The van der Waals surface area contributed by atoms with Gasteiger partial charge in [0.2, 0.25) is 0 Å². The largest absolute Gasteiger partial charge is 0.396 e. The molecule has 1 aromatic rings. The number of aliphatic hydroxyl groups excluding tert-OH is 1. The second-order valence-corrected chi connectivity index (χ2v) is 6.37. The van der Waals surface area contributed by atoms with Crippen molar-refractivity contribution in [2.45, 2.75) is 44.2 Å². The van der Waals surface area contributed by atoms with Crippen molar-refractivity contribution >= 4 is 22.0 Å². The highest BCUT2D eigenvalue weighted by atomic mass is 79.9. The summed E-state index contributed by atoms with van der Waals surface area (Å²) in [6, 6.07) is 8.02. The molecule has 1 aliphatic carbocycles. The van der Waals surface area contributed by atoms with Gasteiger partial charge >= 0.3 is 6.03 Å². The molecule has 2 rings (SSSR count). The summed E-state index contributed by atoms with van der Waals surface area (Å²) in [5.41, 5.74) is 0.940. The summed E-state index contributed by atoms with van der Waals surface area (Å²) in [7, 11) is 0. The van der Waals surface area contributed by atoms with E-state index in [4.69, 9.17) is 5.11 Å². The van der Waals surface area contributed by atoms with Crippen LogP contribution in [-0.2, 0) is 5.54 Å². The maximum absolute atomic E-state index is 12.0. The van der Waals surface area contributed by atoms with E-state index < -0.39 is 0 Å². The number of amides is 2. The van der Waals surface area contributed by atoms with E-state index in [9.17, 15) is 4.79 Å². The first-order valence-corrected chi connectivity index (χ1v) is 7.81. The molecule has 3 N–H and O–H groups in total. The first-order chi connectivity index (χ1) is 9.55. The molecule has 0 aromatic heterocycles. The summed E-state index contributed by atoms with van der Waals surface area (Å²) in [4.78, 5) is 12.0. The molecule has 5 heteroatoms. The Hall–Kier alpha value is -1.07. The molecule has 1 aromatic carbocycles. The Kier molecular flexibility index (Phi) is 5.05. The molecule has 4 nitrogen and oxygen atoms in total. The summed E-state index contributed by atoms with van der Waals surface area (Å²) in [6.07, 6.45) is 3.44. The zero-order valence-electron chi connectivity index (χ0n) is 11.7. The van der Waals surface area contributed by atoms with E-state index in [0.29, 0.717) is 6.42 Å². The third-order valence-electron chi connectivity index (χ3n) is 3.65. The molecule has 2 amide bonds. The summed E-state index contributed by atoms with van der Waals surface area (Å²) in [5, 5.41) is 14.8. The van der Waals surface area contributed by atoms with Gasteiger partial charge in [0.25, 0.3) is 0 Å². The highest BCUT2D eigenvalue weighted by Crippen LogP contribution is 2.45. The summed E-state index contributed by atoms with van der Waals surface area (Å²) in [5.74, 6) is 0. The van der Waals surface area contributed by atoms with Gasteiger partial charge in [-0.25, -0.2) is 4.79 Å². The predicted octanol–water partition coefficient (Wildman–Crippen LogP) is 2.90. The molecule has 0 heterocycles. The first-order valence-electron chi connectivity index (χ1n) is 7.01. The first kappa shape index (κ1) is 15.3. The SMILES string of the molecule is CC(CCCO)NC(=O)NC1(c2cccc(Br)c2)CC1. The Bertz CT molecular complexity index is 475. The zero-order valence-corrected chi connectivity index (χ0v) is 13.2. The Morgan fingerprint density at radius 2 is 2.25 bits per heavy atom. The Morgan fingerprint density at radius 3 is 2.85 bits per heavy atom. The van der Waals surface area contributed by atoms with E-state index in [0.717, 1.165) is 29.3 Å². The zero-order chi connectivity index (χ0) is 14.6. The van der Waals surface area contributed by atoms with Crippen LogP contribution in [0.5, 0.6) is 0 Å². The van der Waals surface area contributed by atoms with E-state index in [-0.39, 0.29) is 24.2 Å². The second-order valence-electron chi connectivity index (χ2n) is 5.46. The average Bonchev–Trinajstić information content (AvgIpc) is 3.17. The van der Waals surface area contributed by atoms with Gasteiger partial charge in [-0.05, 0) is 50.3 Å². The van der Waals surface area contributed by atoms with Gasteiger partial charge in [-0.1, -0.05) is 28.1 Å². The minimum atomic E-state index is -0.204. The lowest BCUT2D eigenvalue weighted by Crippen LogP contribution is -2.45. The standard InChI is InChI=1S/C15H21BrN2O2/c1-11(4-3-9-19)17-14(20)18-15(7-8-15)12-5-2-6-13(16)10-12/h2,5-6,10-11,19H,3-4,7-9H2,1H3,(H2,17,18,20). The Balaban J connectivity index is 1.91. The monoisotopic (exact) mass is 340 g/mol. The molecule has 1 unspecified atom stereocenters. The molecule has 1 atom stereocenters. The van der Waals surface area contributed by atoms with E-state index in [2.05, 4.69) is 32.6 Å². The van der Waals surface area contributed by atoms with Crippen molar-refractivity contribution in [1.29, 1.82) is 0 Å². The number of hydrogen-bond acceptors (Lipinski definition) is 2. The van der Waals surface area contributed by atoms with E-state index in [1.165, 1.54) is 0 Å². The quantitative estimate of drug-likeness (QED) is 0.745. The molecule has 0 radical (unpaired) electrons. The van der Waals surface area contributed by atoms with E-state index in [1.54, 1.807) is 0 Å². The van der Waals surface area contributed by atoms with Crippen LogP contribution in [0, 0.1) is 0 Å². The number of carbonyl (C=O) groups is 1. The third kappa shape index (κ3) is 3.96. The van der Waals surface area contributed by atoms with Crippen LogP contribution in [0.15, 0.2) is 28.7 Å². The van der Waals surface area contributed by atoms with Crippen LogP contribution in [0.25, 0.3) is 0 Å². The fourth-order valence-electron chi connectivity index (χ4n) is 2.34. The fraction of sp³-hybridized carbons (Fsp3) is 0.533. The maximum Gasteiger partial charge on any atom is 0.315 e.